The molecule has 0 bridgehead atoms. The number of hydrogen-bond acceptors (Lipinski definition) is 5. The van der Waals surface area contributed by atoms with Gasteiger partial charge in [-0.1, -0.05) is 0 Å². The van der Waals surface area contributed by atoms with Gasteiger partial charge in [-0.2, -0.15) is 4.37 Å². The number of nitrogens with one attached hydrogen (secondary N) is 1. The summed E-state index contributed by atoms with van der Waals surface area (Å²) >= 11 is 1.30. The number of fused-ring (bicyclic) bond motifs is 1. The van der Waals surface area contributed by atoms with Gasteiger partial charge in [0.15, 0.2) is 4.83 Å². The molecule has 6 heteroatoms. The van der Waals surface area contributed by atoms with E-state index in [-0.39, 0.29) is 5.56 Å². The molecule has 1 fully saturated rings. The number of hydrogen-bond donors (Lipinski definition) is 1. The van der Waals surface area contributed by atoms with Gasteiger partial charge in [0.25, 0.3) is 5.56 Å². The molecule has 0 aliphatic carbocycles. The second kappa shape index (κ2) is 4.78. The first-order chi connectivity index (χ1) is 8.75. The molecule has 0 spiro atoms. The Morgan fingerprint density at radius 3 is 3.28 bits per heavy atom. The zero-order chi connectivity index (χ0) is 12.5. The fourth-order valence-corrected chi connectivity index (χ4v) is 3.23. The summed E-state index contributed by atoms with van der Waals surface area (Å²) < 4.78 is 5.94. The minimum Gasteiger partial charge on any atom is -0.316 e. The number of nitrogens with zero attached hydrogens (tertiary/aromatic N) is 3. The van der Waals surface area contributed by atoms with E-state index in [1.165, 1.54) is 24.4 Å². The van der Waals surface area contributed by atoms with E-state index in [0.717, 1.165) is 30.2 Å². The molecule has 0 radical (unpaired) electrons. The third kappa shape index (κ3) is 2.06. The predicted octanol–water partition coefficient (Wildman–Crippen LogP) is 1.16. The second-order valence-corrected chi connectivity index (χ2v) is 5.61. The summed E-state index contributed by atoms with van der Waals surface area (Å²) in [4.78, 5) is 17.4. The summed E-state index contributed by atoms with van der Waals surface area (Å²) in [5.74, 6) is 0.530. The summed E-state index contributed by atoms with van der Waals surface area (Å²) in [6, 6.07) is 0. The average Bonchev–Trinajstić information content (AvgIpc) is 2.77. The van der Waals surface area contributed by atoms with Gasteiger partial charge in [-0.15, -0.1) is 0 Å². The molecule has 2 aromatic heterocycles. The van der Waals surface area contributed by atoms with Crippen molar-refractivity contribution in [3.05, 3.63) is 22.4 Å². The molecule has 1 atom stereocenters. The minimum absolute atomic E-state index is 0.0526. The van der Waals surface area contributed by atoms with Crippen LogP contribution in [0.4, 0.5) is 0 Å². The maximum Gasteiger partial charge on any atom is 0.263 e. The van der Waals surface area contributed by atoms with Crippen molar-refractivity contribution in [3.63, 3.8) is 0 Å². The average molecular weight is 264 g/mol. The fourth-order valence-electron chi connectivity index (χ4n) is 2.50. The standard InChI is InChI=1S/C12H16N4OS/c1-8-10-11(18-15-8)14-7-16(12(10)17)6-9-3-2-4-13-5-9/h7,9,13H,2-6H2,1H3. The Bertz CT molecular complexity index is 612. The van der Waals surface area contributed by atoms with Gasteiger partial charge in [0, 0.05) is 6.54 Å². The lowest BCUT2D eigenvalue weighted by Crippen LogP contribution is -2.34. The maximum atomic E-state index is 12.4. The lowest BCUT2D eigenvalue weighted by molar-refractivity contribution is 0.333. The van der Waals surface area contributed by atoms with E-state index >= 15 is 0 Å². The van der Waals surface area contributed by atoms with Gasteiger partial charge in [0.05, 0.1) is 17.4 Å². The molecule has 3 heterocycles. The lowest BCUT2D eigenvalue weighted by Gasteiger charge is -2.23. The number of aromatic nitrogens is 3. The summed E-state index contributed by atoms with van der Waals surface area (Å²) in [6.07, 6.45) is 4.03. The Morgan fingerprint density at radius 1 is 1.61 bits per heavy atom. The van der Waals surface area contributed by atoms with E-state index < -0.39 is 0 Å². The zero-order valence-electron chi connectivity index (χ0n) is 10.3. The number of piperidine rings is 1. The quantitative estimate of drug-likeness (QED) is 0.884. The van der Waals surface area contributed by atoms with Crippen molar-refractivity contribution in [2.45, 2.75) is 26.3 Å². The first-order valence-corrected chi connectivity index (χ1v) is 7.05. The first-order valence-electron chi connectivity index (χ1n) is 6.28. The molecule has 2 aromatic rings. The van der Waals surface area contributed by atoms with Crippen LogP contribution in [-0.4, -0.2) is 27.0 Å². The number of aryl methyl sites for hydroxylation is 1. The molecule has 1 aliphatic rings. The predicted molar refractivity (Wildman–Crippen MR) is 72.0 cm³/mol. The lowest BCUT2D eigenvalue weighted by atomic mass is 10.00. The van der Waals surface area contributed by atoms with E-state index in [1.807, 2.05) is 6.92 Å². The van der Waals surface area contributed by atoms with Crippen LogP contribution in [0.1, 0.15) is 18.5 Å². The van der Waals surface area contributed by atoms with Gasteiger partial charge in [0.2, 0.25) is 0 Å². The molecule has 3 rings (SSSR count). The maximum absolute atomic E-state index is 12.4. The Morgan fingerprint density at radius 2 is 2.50 bits per heavy atom. The van der Waals surface area contributed by atoms with Gasteiger partial charge < -0.3 is 5.32 Å². The van der Waals surface area contributed by atoms with Crippen molar-refractivity contribution in [1.82, 2.24) is 19.2 Å². The van der Waals surface area contributed by atoms with Crippen LogP contribution in [0.25, 0.3) is 10.2 Å². The molecular weight excluding hydrogens is 248 g/mol. The third-order valence-corrected chi connectivity index (χ3v) is 4.34. The van der Waals surface area contributed by atoms with Gasteiger partial charge in [-0.25, -0.2) is 4.98 Å². The molecule has 1 unspecified atom stereocenters. The van der Waals surface area contributed by atoms with Gasteiger partial charge in [-0.3, -0.25) is 9.36 Å². The molecule has 1 saturated heterocycles. The van der Waals surface area contributed by atoms with E-state index in [4.69, 9.17) is 0 Å². The molecule has 1 aliphatic heterocycles. The number of rotatable bonds is 2. The molecule has 5 nitrogen and oxygen atoms in total. The van der Waals surface area contributed by atoms with Crippen LogP contribution in [0, 0.1) is 12.8 Å². The van der Waals surface area contributed by atoms with Crippen molar-refractivity contribution >= 4 is 21.7 Å². The monoisotopic (exact) mass is 264 g/mol. The Hall–Kier alpha value is -1.27. The highest BCUT2D eigenvalue weighted by molar-refractivity contribution is 7.12. The summed E-state index contributed by atoms with van der Waals surface area (Å²) in [5, 5.41) is 4.06. The van der Waals surface area contributed by atoms with Crippen LogP contribution in [0.2, 0.25) is 0 Å². The Balaban J connectivity index is 1.94. The highest BCUT2D eigenvalue weighted by Crippen LogP contribution is 2.16. The molecule has 1 N–H and O–H groups in total. The largest absolute Gasteiger partial charge is 0.316 e. The van der Waals surface area contributed by atoms with Crippen LogP contribution in [0.15, 0.2) is 11.1 Å². The molecule has 0 saturated carbocycles. The van der Waals surface area contributed by atoms with Crippen LogP contribution in [0.5, 0.6) is 0 Å². The van der Waals surface area contributed by atoms with E-state index in [0.29, 0.717) is 11.3 Å². The summed E-state index contributed by atoms with van der Waals surface area (Å²) in [6.45, 7) is 4.71. The van der Waals surface area contributed by atoms with Crippen molar-refractivity contribution in [1.29, 1.82) is 0 Å². The first kappa shape index (κ1) is 11.8. The van der Waals surface area contributed by atoms with Crippen molar-refractivity contribution < 1.29 is 0 Å². The molecular formula is C12H16N4OS. The van der Waals surface area contributed by atoms with Gasteiger partial charge in [-0.05, 0) is 50.3 Å². The molecule has 96 valence electrons. The summed E-state index contributed by atoms with van der Waals surface area (Å²) in [5.41, 5.74) is 0.848. The highest BCUT2D eigenvalue weighted by Gasteiger charge is 2.16. The van der Waals surface area contributed by atoms with Crippen molar-refractivity contribution in [2.75, 3.05) is 13.1 Å². The van der Waals surface area contributed by atoms with Crippen LogP contribution < -0.4 is 10.9 Å². The van der Waals surface area contributed by atoms with E-state index in [2.05, 4.69) is 14.7 Å². The van der Waals surface area contributed by atoms with Crippen molar-refractivity contribution in [2.24, 2.45) is 5.92 Å². The summed E-state index contributed by atoms with van der Waals surface area (Å²) in [7, 11) is 0. The SMILES string of the molecule is Cc1nsc2ncn(CC3CCCNC3)c(=O)c12. The highest BCUT2D eigenvalue weighted by atomic mass is 32.1. The van der Waals surface area contributed by atoms with Crippen LogP contribution in [-0.2, 0) is 6.54 Å². The third-order valence-electron chi connectivity index (χ3n) is 3.49. The fraction of sp³-hybridized carbons (Fsp3) is 0.583. The minimum atomic E-state index is 0.0526. The normalized spacial score (nSPS) is 20.4. The molecule has 0 aromatic carbocycles. The second-order valence-electron chi connectivity index (χ2n) is 4.86. The topological polar surface area (TPSA) is 59.8 Å². The van der Waals surface area contributed by atoms with Gasteiger partial charge >= 0.3 is 0 Å². The molecule has 0 amide bonds. The Labute approximate surface area is 109 Å². The van der Waals surface area contributed by atoms with E-state index in [1.54, 1.807) is 10.9 Å². The smallest absolute Gasteiger partial charge is 0.263 e. The zero-order valence-corrected chi connectivity index (χ0v) is 11.2. The van der Waals surface area contributed by atoms with E-state index in [9.17, 15) is 4.79 Å². The van der Waals surface area contributed by atoms with Crippen LogP contribution in [0.3, 0.4) is 0 Å². The van der Waals surface area contributed by atoms with Crippen LogP contribution >= 0.6 is 11.5 Å². The van der Waals surface area contributed by atoms with Gasteiger partial charge in [0.1, 0.15) is 0 Å². The van der Waals surface area contributed by atoms with Crippen molar-refractivity contribution in [3.8, 4) is 0 Å². The molecule has 18 heavy (non-hydrogen) atoms. The Kier molecular flexibility index (Phi) is 3.13.